The van der Waals surface area contributed by atoms with Gasteiger partial charge in [0.25, 0.3) is 0 Å². The minimum Gasteiger partial charge on any atom is -0.284 e. The molecule has 0 saturated carbocycles. The topological polar surface area (TPSA) is 59.1 Å². The van der Waals surface area contributed by atoms with E-state index in [1.54, 1.807) is 18.3 Å². The summed E-state index contributed by atoms with van der Waals surface area (Å²) in [5, 5.41) is 0. The first-order chi connectivity index (χ1) is 9.05. The third kappa shape index (κ3) is 4.37. The van der Waals surface area contributed by atoms with E-state index in [-0.39, 0.29) is 5.75 Å². The van der Waals surface area contributed by atoms with Crippen LogP contribution in [-0.4, -0.2) is 19.2 Å². The fourth-order valence-electron chi connectivity index (χ4n) is 1.64. The fraction of sp³-hybridized carbons (Fsp3) is 0.214. The molecular weight excluding hydrogens is 260 g/mol. The van der Waals surface area contributed by atoms with E-state index in [2.05, 4.69) is 9.71 Å². The van der Waals surface area contributed by atoms with Crippen LogP contribution in [0, 0.1) is 6.92 Å². The summed E-state index contributed by atoms with van der Waals surface area (Å²) in [7, 11) is -3.34. The monoisotopic (exact) mass is 276 g/mol. The number of hydrogen-bond donors (Lipinski definition) is 1. The predicted molar refractivity (Wildman–Crippen MR) is 76.5 cm³/mol. The number of benzene rings is 1. The van der Waals surface area contributed by atoms with Crippen molar-refractivity contribution in [1.29, 1.82) is 0 Å². The smallest absolute Gasteiger partial charge is 0.233 e. The number of aromatic nitrogens is 1. The lowest BCUT2D eigenvalue weighted by molar-refractivity contribution is 0.600. The number of nitrogens with zero attached hydrogens (tertiary/aromatic N) is 1. The highest BCUT2D eigenvalue weighted by Gasteiger charge is 2.10. The third-order valence-corrected chi connectivity index (χ3v) is 3.97. The van der Waals surface area contributed by atoms with Crippen LogP contribution in [0.2, 0.25) is 0 Å². The van der Waals surface area contributed by atoms with Crippen LogP contribution in [0.1, 0.15) is 11.3 Å². The Morgan fingerprint density at radius 3 is 2.47 bits per heavy atom. The maximum absolute atomic E-state index is 11.9. The molecule has 19 heavy (non-hydrogen) atoms. The molecule has 5 heteroatoms. The van der Waals surface area contributed by atoms with Gasteiger partial charge in [0.1, 0.15) is 0 Å². The fourth-order valence-corrected chi connectivity index (χ4v) is 2.71. The second-order valence-corrected chi connectivity index (χ2v) is 6.20. The highest BCUT2D eigenvalue weighted by atomic mass is 32.2. The molecule has 4 nitrogen and oxygen atoms in total. The Labute approximate surface area is 113 Å². The first-order valence-corrected chi connectivity index (χ1v) is 7.67. The molecule has 2 aromatic rings. The summed E-state index contributed by atoms with van der Waals surface area (Å²) in [6.45, 7) is 1.96. The number of anilines is 1. The van der Waals surface area contributed by atoms with Gasteiger partial charge in [-0.3, -0.25) is 9.71 Å². The van der Waals surface area contributed by atoms with E-state index in [1.807, 2.05) is 37.3 Å². The number of rotatable bonds is 5. The number of nitrogens with one attached hydrogen (secondary N) is 1. The van der Waals surface area contributed by atoms with Crippen molar-refractivity contribution < 1.29 is 8.42 Å². The molecule has 1 aromatic heterocycles. The lowest BCUT2D eigenvalue weighted by Gasteiger charge is -2.08. The van der Waals surface area contributed by atoms with Crippen LogP contribution in [-0.2, 0) is 16.4 Å². The van der Waals surface area contributed by atoms with Gasteiger partial charge in [0.05, 0.1) is 5.75 Å². The van der Waals surface area contributed by atoms with Crippen LogP contribution in [0.5, 0.6) is 0 Å². The van der Waals surface area contributed by atoms with Gasteiger partial charge in [-0.2, -0.15) is 0 Å². The summed E-state index contributed by atoms with van der Waals surface area (Å²) in [6.07, 6.45) is 2.07. The Morgan fingerprint density at radius 2 is 1.84 bits per heavy atom. The molecule has 0 atom stereocenters. The lowest BCUT2D eigenvalue weighted by atomic mass is 10.2. The summed E-state index contributed by atoms with van der Waals surface area (Å²) in [5.74, 6) is 0.0257. The van der Waals surface area contributed by atoms with Crippen LogP contribution in [0.25, 0.3) is 0 Å². The molecule has 0 spiro atoms. The molecule has 0 saturated heterocycles. The molecule has 1 N–H and O–H groups in total. The second-order valence-electron chi connectivity index (χ2n) is 4.36. The first-order valence-electron chi connectivity index (χ1n) is 6.02. The predicted octanol–water partition coefficient (Wildman–Crippen LogP) is 2.37. The van der Waals surface area contributed by atoms with Gasteiger partial charge >= 0.3 is 0 Å². The Balaban J connectivity index is 1.97. The van der Waals surface area contributed by atoms with Crippen molar-refractivity contribution in [2.24, 2.45) is 0 Å². The van der Waals surface area contributed by atoms with E-state index in [0.29, 0.717) is 12.1 Å². The molecule has 0 amide bonds. The Hall–Kier alpha value is -1.88. The molecule has 2 rings (SSSR count). The standard InChI is InChI=1S/C14H16N2O2S/c1-12-5-7-14(8-6-12)16-19(17,18)11-9-13-4-2-3-10-15-13/h2-8,10,16H,9,11H2,1H3. The summed E-state index contributed by atoms with van der Waals surface area (Å²) in [6, 6.07) is 12.7. The van der Waals surface area contributed by atoms with Crippen LogP contribution in [0.4, 0.5) is 5.69 Å². The first kappa shape index (κ1) is 13.5. The van der Waals surface area contributed by atoms with Crippen molar-refractivity contribution >= 4 is 15.7 Å². The largest absolute Gasteiger partial charge is 0.284 e. The van der Waals surface area contributed by atoms with Crippen molar-refractivity contribution in [3.05, 3.63) is 59.9 Å². The highest BCUT2D eigenvalue weighted by molar-refractivity contribution is 7.92. The van der Waals surface area contributed by atoms with Gasteiger partial charge in [-0.1, -0.05) is 23.8 Å². The van der Waals surface area contributed by atoms with Crippen molar-refractivity contribution in [1.82, 2.24) is 4.98 Å². The quantitative estimate of drug-likeness (QED) is 0.912. The van der Waals surface area contributed by atoms with Gasteiger partial charge in [-0.05, 0) is 31.2 Å². The minimum absolute atomic E-state index is 0.0257. The van der Waals surface area contributed by atoms with Gasteiger partial charge in [0, 0.05) is 24.0 Å². The zero-order chi connectivity index (χ0) is 13.7. The molecule has 100 valence electrons. The van der Waals surface area contributed by atoms with Gasteiger partial charge in [0.2, 0.25) is 10.0 Å². The van der Waals surface area contributed by atoms with Gasteiger partial charge < -0.3 is 0 Å². The van der Waals surface area contributed by atoms with Crippen molar-refractivity contribution in [2.75, 3.05) is 10.5 Å². The molecule has 0 bridgehead atoms. The lowest BCUT2D eigenvalue weighted by Crippen LogP contribution is -2.18. The number of hydrogen-bond acceptors (Lipinski definition) is 3. The Morgan fingerprint density at radius 1 is 1.11 bits per heavy atom. The summed E-state index contributed by atoms with van der Waals surface area (Å²) in [5.41, 5.74) is 2.46. The van der Waals surface area contributed by atoms with Crippen LogP contribution >= 0.6 is 0 Å². The van der Waals surface area contributed by atoms with Crippen molar-refractivity contribution in [2.45, 2.75) is 13.3 Å². The molecule has 0 aliphatic heterocycles. The zero-order valence-corrected chi connectivity index (χ0v) is 11.5. The average Bonchev–Trinajstić information content (AvgIpc) is 2.40. The maximum Gasteiger partial charge on any atom is 0.233 e. The molecular formula is C14H16N2O2S. The molecule has 0 aliphatic carbocycles. The summed E-state index contributed by atoms with van der Waals surface area (Å²) < 4.78 is 26.4. The van der Waals surface area contributed by atoms with Crippen LogP contribution in [0.3, 0.4) is 0 Å². The number of sulfonamides is 1. The number of pyridine rings is 1. The van der Waals surface area contributed by atoms with Gasteiger partial charge in [-0.15, -0.1) is 0 Å². The molecule has 0 radical (unpaired) electrons. The summed E-state index contributed by atoms with van der Waals surface area (Å²) >= 11 is 0. The van der Waals surface area contributed by atoms with Gasteiger partial charge in [0.15, 0.2) is 0 Å². The average molecular weight is 276 g/mol. The molecule has 1 aromatic carbocycles. The van der Waals surface area contributed by atoms with E-state index in [0.717, 1.165) is 11.3 Å². The van der Waals surface area contributed by atoms with Crippen LogP contribution in [0.15, 0.2) is 48.7 Å². The zero-order valence-electron chi connectivity index (χ0n) is 10.7. The van der Waals surface area contributed by atoms with Gasteiger partial charge in [-0.25, -0.2) is 8.42 Å². The van der Waals surface area contributed by atoms with E-state index in [4.69, 9.17) is 0 Å². The van der Waals surface area contributed by atoms with Crippen LogP contribution < -0.4 is 4.72 Å². The normalized spacial score (nSPS) is 11.2. The van der Waals surface area contributed by atoms with Crippen molar-refractivity contribution in [3.63, 3.8) is 0 Å². The van der Waals surface area contributed by atoms with Crippen molar-refractivity contribution in [3.8, 4) is 0 Å². The highest BCUT2D eigenvalue weighted by Crippen LogP contribution is 2.11. The third-order valence-electron chi connectivity index (χ3n) is 2.68. The molecule has 1 heterocycles. The Bertz CT molecular complexity index is 622. The second kappa shape index (κ2) is 5.84. The van der Waals surface area contributed by atoms with E-state index >= 15 is 0 Å². The van der Waals surface area contributed by atoms with E-state index in [1.165, 1.54) is 0 Å². The van der Waals surface area contributed by atoms with E-state index < -0.39 is 10.0 Å². The molecule has 0 unspecified atom stereocenters. The minimum atomic E-state index is -3.34. The SMILES string of the molecule is Cc1ccc(NS(=O)(=O)CCc2ccccn2)cc1. The number of aryl methyl sites for hydroxylation is 2. The molecule has 0 fully saturated rings. The Kier molecular flexibility index (Phi) is 4.16. The summed E-state index contributed by atoms with van der Waals surface area (Å²) in [4.78, 5) is 4.11. The van der Waals surface area contributed by atoms with E-state index in [9.17, 15) is 8.42 Å². The maximum atomic E-state index is 11.9. The molecule has 0 aliphatic rings.